The van der Waals surface area contributed by atoms with E-state index in [2.05, 4.69) is 10.3 Å². The van der Waals surface area contributed by atoms with E-state index in [0.29, 0.717) is 28.5 Å². The molecule has 7 heteroatoms. The van der Waals surface area contributed by atoms with Crippen molar-refractivity contribution in [2.24, 2.45) is 0 Å². The highest BCUT2D eigenvalue weighted by Gasteiger charge is 2.25. The highest BCUT2D eigenvalue weighted by molar-refractivity contribution is 7.98. The fraction of sp³-hybridized carbons (Fsp3) is 0.188. The predicted octanol–water partition coefficient (Wildman–Crippen LogP) is 3.59. The lowest BCUT2D eigenvalue weighted by atomic mass is 10.1. The molecule has 23 heavy (non-hydrogen) atoms. The van der Waals surface area contributed by atoms with Crippen LogP contribution < -0.4 is 0 Å². The van der Waals surface area contributed by atoms with Gasteiger partial charge in [-0.25, -0.2) is 9.07 Å². The first-order valence-corrected chi connectivity index (χ1v) is 8.02. The second-order valence-corrected chi connectivity index (χ2v) is 6.40. The maximum atomic E-state index is 13.6. The molecule has 1 aliphatic rings. The Morgan fingerprint density at radius 3 is 2.96 bits per heavy atom. The first-order chi connectivity index (χ1) is 11.0. The van der Waals surface area contributed by atoms with Gasteiger partial charge in [-0.2, -0.15) is 5.10 Å². The van der Waals surface area contributed by atoms with Crippen LogP contribution in [0.5, 0.6) is 0 Å². The normalized spacial score (nSPS) is 12.8. The summed E-state index contributed by atoms with van der Waals surface area (Å²) in [6.45, 7) is 3.41. The van der Waals surface area contributed by atoms with Gasteiger partial charge in [0.05, 0.1) is 11.4 Å². The predicted molar refractivity (Wildman–Crippen MR) is 82.9 cm³/mol. The summed E-state index contributed by atoms with van der Waals surface area (Å²) in [5.74, 6) is 0.548. The van der Waals surface area contributed by atoms with Crippen molar-refractivity contribution in [3.63, 3.8) is 0 Å². The highest BCUT2D eigenvalue weighted by atomic mass is 32.2. The average molecular weight is 329 g/mol. The molecule has 0 radical (unpaired) electrons. The largest absolute Gasteiger partial charge is 0.361 e. The monoisotopic (exact) mass is 329 g/mol. The van der Waals surface area contributed by atoms with Crippen molar-refractivity contribution in [2.75, 3.05) is 0 Å². The van der Waals surface area contributed by atoms with E-state index in [1.807, 2.05) is 0 Å². The lowest BCUT2D eigenvalue weighted by Crippen LogP contribution is -2.14. The van der Waals surface area contributed by atoms with Crippen molar-refractivity contribution in [1.82, 2.24) is 14.9 Å². The first kappa shape index (κ1) is 14.2. The molecule has 1 aromatic carbocycles. The zero-order valence-electron chi connectivity index (χ0n) is 12.5. The minimum atomic E-state index is -0.316. The molecule has 1 aliphatic heterocycles. The van der Waals surface area contributed by atoms with Gasteiger partial charge in [0.25, 0.3) is 5.91 Å². The van der Waals surface area contributed by atoms with E-state index in [0.717, 1.165) is 16.0 Å². The molecule has 4 rings (SSSR count). The topological polar surface area (TPSA) is 60.9 Å². The van der Waals surface area contributed by atoms with Gasteiger partial charge < -0.3 is 4.52 Å². The van der Waals surface area contributed by atoms with E-state index >= 15 is 0 Å². The molecule has 0 aliphatic carbocycles. The summed E-state index contributed by atoms with van der Waals surface area (Å²) in [4.78, 5) is 13.6. The summed E-state index contributed by atoms with van der Waals surface area (Å²) in [5.41, 5.74) is 3.23. The van der Waals surface area contributed by atoms with Crippen LogP contribution in [-0.4, -0.2) is 20.8 Å². The molecule has 0 N–H and O–H groups in total. The van der Waals surface area contributed by atoms with Crippen LogP contribution in [0.4, 0.5) is 4.39 Å². The number of aromatic nitrogens is 3. The quantitative estimate of drug-likeness (QED) is 0.683. The van der Waals surface area contributed by atoms with Gasteiger partial charge in [-0.3, -0.25) is 4.79 Å². The SMILES string of the molecule is Cc1noc(C)c1C(=O)n1cc2c(n1)-c1cc(F)ccc1SC2. The third kappa shape index (κ3) is 2.19. The van der Waals surface area contributed by atoms with Crippen molar-refractivity contribution >= 4 is 17.7 Å². The maximum Gasteiger partial charge on any atom is 0.283 e. The standard InChI is InChI=1S/C16H12FN3O2S/c1-8-14(9(2)22-19-8)16(21)20-6-10-7-23-13-4-3-11(17)5-12(13)15(10)18-20/h3-6H,7H2,1-2H3. The molecule has 0 amide bonds. The minimum absolute atomic E-state index is 0.293. The molecular weight excluding hydrogens is 317 g/mol. The third-order valence-corrected chi connectivity index (χ3v) is 4.95. The average Bonchev–Trinajstić information content (AvgIpc) is 3.10. The fourth-order valence-electron chi connectivity index (χ4n) is 2.72. The molecule has 0 saturated heterocycles. The van der Waals surface area contributed by atoms with Crippen LogP contribution in [0, 0.1) is 19.7 Å². The summed E-state index contributed by atoms with van der Waals surface area (Å²) >= 11 is 1.61. The van der Waals surface area contributed by atoms with Crippen molar-refractivity contribution in [3.8, 4) is 11.3 Å². The highest BCUT2D eigenvalue weighted by Crippen LogP contribution is 2.40. The van der Waals surface area contributed by atoms with Crippen LogP contribution >= 0.6 is 11.8 Å². The fourth-order valence-corrected chi connectivity index (χ4v) is 3.72. The first-order valence-electron chi connectivity index (χ1n) is 7.03. The van der Waals surface area contributed by atoms with Gasteiger partial charge in [0, 0.05) is 28.0 Å². The Morgan fingerprint density at radius 2 is 2.22 bits per heavy atom. The summed E-state index contributed by atoms with van der Waals surface area (Å²) in [7, 11) is 0. The summed E-state index contributed by atoms with van der Waals surface area (Å²) in [5, 5.41) is 8.19. The van der Waals surface area contributed by atoms with Gasteiger partial charge in [-0.1, -0.05) is 5.16 Å². The molecule has 5 nitrogen and oxygen atoms in total. The summed E-state index contributed by atoms with van der Waals surface area (Å²) in [6, 6.07) is 4.63. The Labute approximate surface area is 135 Å². The van der Waals surface area contributed by atoms with Crippen LogP contribution in [0.15, 0.2) is 33.8 Å². The number of rotatable bonds is 1. The number of carbonyl (C=O) groups excluding carboxylic acids is 1. The molecule has 0 saturated carbocycles. The number of nitrogens with zero attached hydrogens (tertiary/aromatic N) is 3. The van der Waals surface area contributed by atoms with Crippen molar-refractivity contribution in [3.05, 3.63) is 52.8 Å². The van der Waals surface area contributed by atoms with Crippen LogP contribution in [0.25, 0.3) is 11.3 Å². The summed E-state index contributed by atoms with van der Waals surface area (Å²) < 4.78 is 19.9. The van der Waals surface area contributed by atoms with E-state index in [4.69, 9.17) is 4.52 Å². The Balaban J connectivity index is 1.82. The molecule has 2 aromatic heterocycles. The molecule has 0 atom stereocenters. The number of thioether (sulfide) groups is 1. The zero-order valence-corrected chi connectivity index (χ0v) is 13.3. The van der Waals surface area contributed by atoms with Crippen LogP contribution in [0.2, 0.25) is 0 Å². The van der Waals surface area contributed by atoms with Gasteiger partial charge >= 0.3 is 0 Å². The van der Waals surface area contributed by atoms with Gasteiger partial charge in [0.1, 0.15) is 17.1 Å². The van der Waals surface area contributed by atoms with Crippen molar-refractivity contribution in [1.29, 1.82) is 0 Å². The number of aryl methyl sites for hydroxylation is 2. The van der Waals surface area contributed by atoms with Gasteiger partial charge in [0.2, 0.25) is 0 Å². The van der Waals surface area contributed by atoms with E-state index < -0.39 is 0 Å². The molecule has 116 valence electrons. The number of hydrogen-bond donors (Lipinski definition) is 0. The maximum absolute atomic E-state index is 13.6. The number of hydrogen-bond acceptors (Lipinski definition) is 5. The Morgan fingerprint density at radius 1 is 1.39 bits per heavy atom. The van der Waals surface area contributed by atoms with E-state index in [1.165, 1.54) is 16.8 Å². The van der Waals surface area contributed by atoms with Crippen LogP contribution in [0.1, 0.15) is 27.4 Å². The van der Waals surface area contributed by atoms with Crippen molar-refractivity contribution < 1.29 is 13.7 Å². The number of benzene rings is 1. The Bertz CT molecular complexity index is 925. The molecule has 3 heterocycles. The smallest absolute Gasteiger partial charge is 0.283 e. The molecule has 0 bridgehead atoms. The van der Waals surface area contributed by atoms with Crippen molar-refractivity contribution in [2.45, 2.75) is 24.5 Å². The lowest BCUT2D eigenvalue weighted by Gasteiger charge is -2.13. The van der Waals surface area contributed by atoms with Crippen LogP contribution in [-0.2, 0) is 5.75 Å². The number of fused-ring (bicyclic) bond motifs is 3. The molecule has 0 fully saturated rings. The number of carbonyl (C=O) groups is 1. The lowest BCUT2D eigenvalue weighted by molar-refractivity contribution is 0.0943. The summed E-state index contributed by atoms with van der Waals surface area (Å²) in [6.07, 6.45) is 1.70. The molecular formula is C16H12FN3O2S. The molecule has 0 unspecified atom stereocenters. The second-order valence-electron chi connectivity index (χ2n) is 5.38. The Hall–Kier alpha value is -2.41. The number of halogens is 1. The van der Waals surface area contributed by atoms with Gasteiger partial charge in [-0.05, 0) is 32.0 Å². The minimum Gasteiger partial charge on any atom is -0.361 e. The van der Waals surface area contributed by atoms with E-state index in [1.54, 1.807) is 37.9 Å². The second kappa shape index (κ2) is 5.06. The molecule has 3 aromatic rings. The van der Waals surface area contributed by atoms with Crippen LogP contribution in [0.3, 0.4) is 0 Å². The third-order valence-electron chi connectivity index (χ3n) is 3.83. The van der Waals surface area contributed by atoms with E-state index in [-0.39, 0.29) is 11.7 Å². The zero-order chi connectivity index (χ0) is 16.1. The van der Waals surface area contributed by atoms with Gasteiger partial charge in [0.15, 0.2) is 0 Å². The van der Waals surface area contributed by atoms with Gasteiger partial charge in [-0.15, -0.1) is 11.8 Å². The molecule has 0 spiro atoms. The Kier molecular flexibility index (Phi) is 3.12. The van der Waals surface area contributed by atoms with E-state index in [9.17, 15) is 9.18 Å².